The van der Waals surface area contributed by atoms with Gasteiger partial charge in [0.1, 0.15) is 6.61 Å². The number of carbonyl (C=O) groups excluding carboxylic acids is 1. The molecule has 3 aromatic carbocycles. The van der Waals surface area contributed by atoms with Gasteiger partial charge in [-0.05, 0) is 28.8 Å². The Labute approximate surface area is 206 Å². The molecule has 1 amide bonds. The third-order valence-corrected chi connectivity index (χ3v) is 6.00. The van der Waals surface area contributed by atoms with Crippen molar-refractivity contribution in [1.29, 1.82) is 0 Å². The molecule has 1 saturated heterocycles. The highest BCUT2D eigenvalue weighted by molar-refractivity contribution is 5.95. The van der Waals surface area contributed by atoms with Gasteiger partial charge in [0, 0.05) is 31.7 Å². The van der Waals surface area contributed by atoms with Crippen molar-refractivity contribution in [2.24, 2.45) is 0 Å². The fraction of sp³-hybridized carbons (Fsp3) is 0.321. The van der Waals surface area contributed by atoms with Gasteiger partial charge in [0.05, 0.1) is 27.4 Å². The van der Waals surface area contributed by atoms with Crippen molar-refractivity contribution < 1.29 is 23.7 Å². The smallest absolute Gasteiger partial charge is 0.251 e. The number of carbonyl (C=O) groups is 1. The van der Waals surface area contributed by atoms with E-state index in [1.807, 2.05) is 42.5 Å². The average molecular weight is 477 g/mol. The topological polar surface area (TPSA) is 69.3 Å². The minimum Gasteiger partial charge on any atom is -0.493 e. The molecule has 4 rings (SSSR count). The second-order valence-electron chi connectivity index (χ2n) is 8.32. The maximum atomic E-state index is 13.1. The molecular weight excluding hydrogens is 444 g/mol. The monoisotopic (exact) mass is 476 g/mol. The van der Waals surface area contributed by atoms with E-state index >= 15 is 0 Å². The number of amides is 1. The van der Waals surface area contributed by atoms with Crippen LogP contribution in [0.1, 0.15) is 27.0 Å². The zero-order valence-electron chi connectivity index (χ0n) is 20.3. The van der Waals surface area contributed by atoms with E-state index in [-0.39, 0.29) is 5.91 Å². The standard InChI is InChI=1S/C28H32N2O5/c1-32-25-16-24(17-26(33-2)27(25)35-20-21-8-4-3-5-9-21)28(31)29-18-22-10-6-7-11-23(22)19-30-12-14-34-15-13-30/h3-11,16-17H,12-15,18-20H2,1-2H3,(H,29,31). The van der Waals surface area contributed by atoms with Crippen molar-refractivity contribution in [3.8, 4) is 17.2 Å². The first-order valence-corrected chi connectivity index (χ1v) is 11.8. The van der Waals surface area contributed by atoms with Gasteiger partial charge in [-0.25, -0.2) is 0 Å². The average Bonchev–Trinajstić information content (AvgIpc) is 2.92. The molecule has 1 heterocycles. The highest BCUT2D eigenvalue weighted by atomic mass is 16.5. The van der Waals surface area contributed by atoms with E-state index in [4.69, 9.17) is 18.9 Å². The van der Waals surface area contributed by atoms with Crippen molar-refractivity contribution in [3.05, 3.63) is 89.0 Å². The summed E-state index contributed by atoms with van der Waals surface area (Å²) in [5.41, 5.74) is 3.76. The fourth-order valence-corrected chi connectivity index (χ4v) is 4.04. The SMILES string of the molecule is COc1cc(C(=O)NCc2ccccc2CN2CCOCC2)cc(OC)c1OCc1ccccc1. The van der Waals surface area contributed by atoms with Crippen molar-refractivity contribution in [2.45, 2.75) is 19.7 Å². The van der Waals surface area contributed by atoms with Crippen LogP contribution in [0.25, 0.3) is 0 Å². The van der Waals surface area contributed by atoms with Crippen LogP contribution in [0.3, 0.4) is 0 Å². The number of methoxy groups -OCH3 is 2. The molecule has 0 bridgehead atoms. The lowest BCUT2D eigenvalue weighted by Gasteiger charge is -2.27. The van der Waals surface area contributed by atoms with Gasteiger partial charge >= 0.3 is 0 Å². The summed E-state index contributed by atoms with van der Waals surface area (Å²) in [7, 11) is 3.10. The van der Waals surface area contributed by atoms with Crippen LogP contribution in [-0.2, 0) is 24.4 Å². The van der Waals surface area contributed by atoms with Gasteiger partial charge in [-0.15, -0.1) is 0 Å². The molecular formula is C28H32N2O5. The summed E-state index contributed by atoms with van der Waals surface area (Å²) in [6.07, 6.45) is 0. The molecule has 3 aromatic rings. The second-order valence-corrected chi connectivity index (χ2v) is 8.32. The van der Waals surface area contributed by atoms with Gasteiger partial charge < -0.3 is 24.3 Å². The van der Waals surface area contributed by atoms with Crippen molar-refractivity contribution in [1.82, 2.24) is 10.2 Å². The maximum absolute atomic E-state index is 13.1. The summed E-state index contributed by atoms with van der Waals surface area (Å²) in [6, 6.07) is 21.4. The van der Waals surface area contributed by atoms with E-state index in [1.165, 1.54) is 5.56 Å². The number of nitrogens with one attached hydrogen (secondary N) is 1. The lowest BCUT2D eigenvalue weighted by molar-refractivity contribution is 0.0340. The molecule has 184 valence electrons. The number of morpholine rings is 1. The molecule has 0 atom stereocenters. The van der Waals surface area contributed by atoms with E-state index in [0.717, 1.165) is 44.0 Å². The highest BCUT2D eigenvalue weighted by Crippen LogP contribution is 2.39. The molecule has 35 heavy (non-hydrogen) atoms. The lowest BCUT2D eigenvalue weighted by atomic mass is 10.1. The quantitative estimate of drug-likeness (QED) is 0.476. The third kappa shape index (κ3) is 6.53. The first-order valence-electron chi connectivity index (χ1n) is 11.8. The van der Waals surface area contributed by atoms with Crippen LogP contribution in [0, 0.1) is 0 Å². The van der Waals surface area contributed by atoms with Crippen LogP contribution in [-0.4, -0.2) is 51.3 Å². The zero-order valence-corrected chi connectivity index (χ0v) is 20.3. The Morgan fingerprint density at radius 2 is 1.54 bits per heavy atom. The Morgan fingerprint density at radius 1 is 0.914 bits per heavy atom. The van der Waals surface area contributed by atoms with Gasteiger partial charge in [0.15, 0.2) is 11.5 Å². The normalized spacial score (nSPS) is 13.8. The lowest BCUT2D eigenvalue weighted by Crippen LogP contribution is -2.36. The number of rotatable bonds is 10. The molecule has 1 aliphatic rings. The van der Waals surface area contributed by atoms with Gasteiger partial charge in [-0.3, -0.25) is 9.69 Å². The number of nitrogens with zero attached hydrogens (tertiary/aromatic N) is 1. The molecule has 0 aromatic heterocycles. The Kier molecular flexibility index (Phi) is 8.59. The molecule has 7 nitrogen and oxygen atoms in total. The summed E-state index contributed by atoms with van der Waals surface area (Å²) in [5, 5.41) is 3.04. The summed E-state index contributed by atoms with van der Waals surface area (Å²) >= 11 is 0. The van der Waals surface area contributed by atoms with E-state index < -0.39 is 0 Å². The number of ether oxygens (including phenoxy) is 4. The van der Waals surface area contributed by atoms with Gasteiger partial charge in [-0.1, -0.05) is 54.6 Å². The molecule has 1 aliphatic heterocycles. The minimum absolute atomic E-state index is 0.211. The summed E-state index contributed by atoms with van der Waals surface area (Å²) < 4.78 is 22.5. The highest BCUT2D eigenvalue weighted by Gasteiger charge is 2.19. The minimum atomic E-state index is -0.211. The van der Waals surface area contributed by atoms with Gasteiger partial charge in [-0.2, -0.15) is 0 Å². The molecule has 0 unspecified atom stereocenters. The van der Waals surface area contributed by atoms with Crippen LogP contribution in [0.15, 0.2) is 66.7 Å². The molecule has 0 radical (unpaired) electrons. The van der Waals surface area contributed by atoms with E-state index in [0.29, 0.717) is 36.0 Å². The van der Waals surface area contributed by atoms with E-state index in [1.54, 1.807) is 26.4 Å². The Hall–Kier alpha value is -3.55. The molecule has 0 aliphatic carbocycles. The first kappa shape index (κ1) is 24.6. The summed E-state index contributed by atoms with van der Waals surface area (Å²) in [5.74, 6) is 1.14. The second kappa shape index (κ2) is 12.2. The predicted octanol–water partition coefficient (Wildman–Crippen LogP) is 4.05. The van der Waals surface area contributed by atoms with E-state index in [9.17, 15) is 4.79 Å². The number of hydrogen-bond donors (Lipinski definition) is 1. The largest absolute Gasteiger partial charge is 0.493 e. The van der Waals surface area contributed by atoms with Crippen molar-refractivity contribution >= 4 is 5.91 Å². The number of hydrogen-bond acceptors (Lipinski definition) is 6. The zero-order chi connectivity index (χ0) is 24.5. The Morgan fingerprint density at radius 3 is 2.20 bits per heavy atom. The predicted molar refractivity (Wildman–Crippen MR) is 134 cm³/mol. The third-order valence-electron chi connectivity index (χ3n) is 6.00. The molecule has 7 heteroatoms. The molecule has 1 N–H and O–H groups in total. The van der Waals surface area contributed by atoms with Crippen LogP contribution < -0.4 is 19.5 Å². The summed E-state index contributed by atoms with van der Waals surface area (Å²) in [4.78, 5) is 15.4. The van der Waals surface area contributed by atoms with Crippen LogP contribution in [0.5, 0.6) is 17.2 Å². The van der Waals surface area contributed by atoms with Gasteiger partial charge in [0.2, 0.25) is 5.75 Å². The van der Waals surface area contributed by atoms with Crippen LogP contribution in [0.4, 0.5) is 0 Å². The molecule has 0 spiro atoms. The maximum Gasteiger partial charge on any atom is 0.251 e. The number of benzene rings is 3. The molecule has 0 saturated carbocycles. The van der Waals surface area contributed by atoms with Crippen LogP contribution >= 0.6 is 0 Å². The first-order chi connectivity index (χ1) is 17.2. The summed E-state index contributed by atoms with van der Waals surface area (Å²) in [6.45, 7) is 4.97. The molecule has 1 fully saturated rings. The van der Waals surface area contributed by atoms with Crippen LogP contribution in [0.2, 0.25) is 0 Å². The Bertz CT molecular complexity index is 1090. The van der Waals surface area contributed by atoms with E-state index in [2.05, 4.69) is 22.3 Å². The Balaban J connectivity index is 1.45. The van der Waals surface area contributed by atoms with Gasteiger partial charge in [0.25, 0.3) is 5.91 Å². The van der Waals surface area contributed by atoms with Crippen molar-refractivity contribution in [3.63, 3.8) is 0 Å². The van der Waals surface area contributed by atoms with Crippen molar-refractivity contribution in [2.75, 3.05) is 40.5 Å². The fourth-order valence-electron chi connectivity index (χ4n) is 4.04.